The van der Waals surface area contributed by atoms with Crippen LogP contribution in [0.15, 0.2) is 77.8 Å². The minimum Gasteiger partial charge on any atom is -0.368 e. The van der Waals surface area contributed by atoms with Gasteiger partial charge in [-0.3, -0.25) is 19.3 Å². The highest BCUT2D eigenvalue weighted by atomic mass is 35.5. The maximum Gasteiger partial charge on any atom is 0.272 e. The molecule has 4 rings (SSSR count). The predicted octanol–water partition coefficient (Wildman–Crippen LogP) is 3.98. The minimum absolute atomic E-state index is 0.349. The number of aliphatic imine (C=N–C) groups is 1. The van der Waals surface area contributed by atoms with Gasteiger partial charge in [0.25, 0.3) is 5.91 Å². The maximum atomic E-state index is 13.6. The van der Waals surface area contributed by atoms with Crippen molar-refractivity contribution in [1.29, 1.82) is 0 Å². The fraction of sp³-hybridized carbons (Fsp3) is 0.185. The van der Waals surface area contributed by atoms with Gasteiger partial charge < -0.3 is 11.1 Å². The molecule has 9 heteroatoms. The van der Waals surface area contributed by atoms with Crippen LogP contribution in [-0.4, -0.2) is 36.1 Å². The average Bonchev–Trinajstić information content (AvgIpc) is 2.97. The monoisotopic (exact) mass is 522 g/mol. The molecule has 0 saturated heterocycles. The van der Waals surface area contributed by atoms with Crippen molar-refractivity contribution in [3.8, 4) is 0 Å². The summed E-state index contributed by atoms with van der Waals surface area (Å²) in [6.45, 7) is 1.40. The topological polar surface area (TPSA) is 105 Å². The Morgan fingerprint density at radius 1 is 1.03 bits per heavy atom. The van der Waals surface area contributed by atoms with Gasteiger partial charge in [-0.2, -0.15) is 0 Å². The molecule has 0 radical (unpaired) electrons. The van der Waals surface area contributed by atoms with E-state index in [0.717, 1.165) is 11.1 Å². The van der Waals surface area contributed by atoms with E-state index >= 15 is 0 Å². The number of carbonyl (C=O) groups excluding carboxylic acids is 3. The van der Waals surface area contributed by atoms with Gasteiger partial charge in [-0.25, -0.2) is 4.99 Å². The molecule has 0 spiro atoms. The molecule has 36 heavy (non-hydrogen) atoms. The summed E-state index contributed by atoms with van der Waals surface area (Å²) in [5, 5.41) is 3.59. The van der Waals surface area contributed by atoms with Crippen LogP contribution in [0.1, 0.15) is 23.6 Å². The lowest BCUT2D eigenvalue weighted by Crippen LogP contribution is -2.50. The molecule has 3 aromatic rings. The SMILES string of the molecule is C[C@@H](Cc1ccc(Cl)c(Cl)c1)C(=O)NC1N=C(c2ccccc2)c2ccccc2N(CC(N)=O)C1=O. The first-order valence-corrected chi connectivity index (χ1v) is 12.1. The zero-order chi connectivity index (χ0) is 25.8. The summed E-state index contributed by atoms with van der Waals surface area (Å²) in [5.41, 5.74) is 8.72. The van der Waals surface area contributed by atoms with Crippen molar-refractivity contribution in [3.05, 3.63) is 99.5 Å². The number of nitrogens with one attached hydrogen (secondary N) is 1. The van der Waals surface area contributed by atoms with Crippen LogP contribution in [0.4, 0.5) is 5.69 Å². The van der Waals surface area contributed by atoms with Crippen LogP contribution in [0.3, 0.4) is 0 Å². The minimum atomic E-state index is -1.25. The highest BCUT2D eigenvalue weighted by molar-refractivity contribution is 6.42. The molecule has 0 aromatic heterocycles. The molecule has 184 valence electrons. The van der Waals surface area contributed by atoms with E-state index in [1.165, 1.54) is 4.90 Å². The number of anilines is 1. The number of para-hydroxylation sites is 1. The van der Waals surface area contributed by atoms with Crippen molar-refractivity contribution in [2.45, 2.75) is 19.5 Å². The van der Waals surface area contributed by atoms with Crippen LogP contribution < -0.4 is 16.0 Å². The number of hydrogen-bond donors (Lipinski definition) is 2. The first kappa shape index (κ1) is 25.4. The molecule has 7 nitrogen and oxygen atoms in total. The standard InChI is InChI=1S/C27H24Cl2N4O3/c1-16(13-17-11-12-20(28)21(29)14-17)26(35)32-25-27(36)33(15-23(30)34)22-10-6-5-9-19(22)24(31-25)18-7-3-2-4-8-18/h2-12,14,16,25H,13,15H2,1H3,(H2,30,34)(H,32,35)/t16-,25?/m0/s1. The Morgan fingerprint density at radius 3 is 2.42 bits per heavy atom. The Labute approximate surface area is 218 Å². The largest absolute Gasteiger partial charge is 0.368 e. The van der Waals surface area contributed by atoms with Crippen LogP contribution in [-0.2, 0) is 20.8 Å². The van der Waals surface area contributed by atoms with Gasteiger partial charge in [0.05, 0.1) is 21.4 Å². The first-order valence-electron chi connectivity index (χ1n) is 11.3. The smallest absolute Gasteiger partial charge is 0.272 e. The first-order chi connectivity index (χ1) is 17.2. The number of amides is 3. The molecule has 0 aliphatic carbocycles. The van der Waals surface area contributed by atoms with Crippen molar-refractivity contribution in [2.24, 2.45) is 16.6 Å². The lowest BCUT2D eigenvalue weighted by molar-refractivity contribution is -0.129. The molecule has 0 fully saturated rings. The van der Waals surface area contributed by atoms with Gasteiger partial charge >= 0.3 is 0 Å². The molecule has 3 aromatic carbocycles. The van der Waals surface area contributed by atoms with Gasteiger partial charge in [0.15, 0.2) is 0 Å². The van der Waals surface area contributed by atoms with E-state index in [9.17, 15) is 14.4 Å². The number of rotatable bonds is 7. The third kappa shape index (κ3) is 5.58. The van der Waals surface area contributed by atoms with E-state index in [1.807, 2.05) is 42.5 Å². The van der Waals surface area contributed by atoms with E-state index in [4.69, 9.17) is 28.9 Å². The summed E-state index contributed by atoms with van der Waals surface area (Å²) in [6.07, 6.45) is -0.875. The van der Waals surface area contributed by atoms with Crippen molar-refractivity contribution < 1.29 is 14.4 Å². The number of benzodiazepines with no additional fused rings is 1. The van der Waals surface area contributed by atoms with E-state index in [-0.39, 0.29) is 12.5 Å². The fourth-order valence-electron chi connectivity index (χ4n) is 4.06. The molecule has 1 aliphatic rings. The third-order valence-electron chi connectivity index (χ3n) is 5.82. The van der Waals surface area contributed by atoms with Crippen LogP contribution in [0.25, 0.3) is 0 Å². The average molecular weight is 523 g/mol. The van der Waals surface area contributed by atoms with Crippen molar-refractivity contribution >= 4 is 52.3 Å². The number of fused-ring (bicyclic) bond motifs is 1. The van der Waals surface area contributed by atoms with Crippen molar-refractivity contribution in [3.63, 3.8) is 0 Å². The fourth-order valence-corrected chi connectivity index (χ4v) is 4.38. The number of benzene rings is 3. The molecule has 0 bridgehead atoms. The highest BCUT2D eigenvalue weighted by Crippen LogP contribution is 2.28. The second kappa shape index (κ2) is 10.9. The van der Waals surface area contributed by atoms with Crippen molar-refractivity contribution in [2.75, 3.05) is 11.4 Å². The molecule has 1 aliphatic heterocycles. The van der Waals surface area contributed by atoms with Gasteiger partial charge in [-0.1, -0.05) is 84.7 Å². The molecule has 1 unspecified atom stereocenters. The normalized spacial score (nSPS) is 16.0. The molecular weight excluding hydrogens is 499 g/mol. The van der Waals surface area contributed by atoms with Crippen LogP contribution >= 0.6 is 23.2 Å². The van der Waals surface area contributed by atoms with E-state index < -0.39 is 23.9 Å². The molecular formula is C27H24Cl2N4O3. The second-order valence-electron chi connectivity index (χ2n) is 8.52. The predicted molar refractivity (Wildman–Crippen MR) is 141 cm³/mol. The highest BCUT2D eigenvalue weighted by Gasteiger charge is 2.34. The maximum absolute atomic E-state index is 13.6. The lowest BCUT2D eigenvalue weighted by atomic mass is 10.00. The van der Waals surface area contributed by atoms with Crippen molar-refractivity contribution in [1.82, 2.24) is 5.32 Å². The number of nitrogens with two attached hydrogens (primary N) is 1. The van der Waals surface area contributed by atoms with Gasteiger partial charge in [0, 0.05) is 17.0 Å². The Morgan fingerprint density at radius 2 is 1.72 bits per heavy atom. The van der Waals surface area contributed by atoms with Crippen LogP contribution in [0.5, 0.6) is 0 Å². The molecule has 2 atom stereocenters. The Hall–Kier alpha value is -3.68. The zero-order valence-corrected chi connectivity index (χ0v) is 21.0. The number of nitrogens with zero attached hydrogens (tertiary/aromatic N) is 2. The summed E-state index contributed by atoms with van der Waals surface area (Å²) >= 11 is 12.1. The Balaban J connectivity index is 1.68. The third-order valence-corrected chi connectivity index (χ3v) is 6.56. The number of hydrogen-bond acceptors (Lipinski definition) is 4. The van der Waals surface area contributed by atoms with E-state index in [2.05, 4.69) is 10.3 Å². The summed E-state index contributed by atoms with van der Waals surface area (Å²) < 4.78 is 0. The zero-order valence-electron chi connectivity index (χ0n) is 19.4. The Kier molecular flexibility index (Phi) is 7.72. The number of halogens is 2. The van der Waals surface area contributed by atoms with Crippen LogP contribution in [0.2, 0.25) is 10.0 Å². The van der Waals surface area contributed by atoms with E-state index in [1.54, 1.807) is 37.3 Å². The lowest BCUT2D eigenvalue weighted by Gasteiger charge is -2.24. The van der Waals surface area contributed by atoms with Gasteiger partial charge in [-0.15, -0.1) is 0 Å². The molecule has 3 N–H and O–H groups in total. The van der Waals surface area contributed by atoms with Gasteiger partial charge in [0.2, 0.25) is 18.0 Å². The summed E-state index contributed by atoms with van der Waals surface area (Å²) in [7, 11) is 0. The van der Waals surface area contributed by atoms with Crippen LogP contribution in [0, 0.1) is 5.92 Å². The molecule has 1 heterocycles. The summed E-state index contributed by atoms with van der Waals surface area (Å²) in [6, 6.07) is 21.7. The quantitative estimate of drug-likeness (QED) is 0.490. The summed E-state index contributed by atoms with van der Waals surface area (Å²) in [5.74, 6) is -2.11. The molecule has 3 amide bonds. The van der Waals surface area contributed by atoms with Gasteiger partial charge in [-0.05, 0) is 30.2 Å². The number of carbonyl (C=O) groups is 3. The Bertz CT molecular complexity index is 1340. The molecule has 0 saturated carbocycles. The van der Waals surface area contributed by atoms with Gasteiger partial charge in [0.1, 0.15) is 6.54 Å². The summed E-state index contributed by atoms with van der Waals surface area (Å²) in [4.78, 5) is 44.6. The second-order valence-corrected chi connectivity index (χ2v) is 9.33. The van der Waals surface area contributed by atoms with E-state index in [0.29, 0.717) is 33.4 Å². The number of primary amides is 1.